The second kappa shape index (κ2) is 5.70. The van der Waals surface area contributed by atoms with Gasteiger partial charge >= 0.3 is 0 Å². The fraction of sp³-hybridized carbons (Fsp3) is 0.364. The molecule has 0 saturated carbocycles. The van der Waals surface area contributed by atoms with Gasteiger partial charge < -0.3 is 0 Å². The Bertz CT molecular complexity index is 931. The van der Waals surface area contributed by atoms with E-state index in [1.165, 1.54) is 38.9 Å². The summed E-state index contributed by atoms with van der Waals surface area (Å²) in [5.74, 6) is 0. The molecule has 1 aromatic carbocycles. The van der Waals surface area contributed by atoms with E-state index in [2.05, 4.69) is 83.6 Å². The van der Waals surface area contributed by atoms with Crippen molar-refractivity contribution in [1.29, 1.82) is 0 Å². The van der Waals surface area contributed by atoms with Gasteiger partial charge in [-0.15, -0.1) is 0 Å². The lowest BCUT2D eigenvalue weighted by atomic mass is 9.81. The van der Waals surface area contributed by atoms with Gasteiger partial charge in [-0.05, 0) is 61.1 Å². The number of hydrogen-bond donors (Lipinski definition) is 0. The molecular formula is C22H27N2+. The van der Waals surface area contributed by atoms with Gasteiger partial charge in [0.05, 0.1) is 11.1 Å². The summed E-state index contributed by atoms with van der Waals surface area (Å²) in [5.41, 5.74) is 8.76. The third-order valence-corrected chi connectivity index (χ3v) is 4.73. The van der Waals surface area contributed by atoms with Crippen molar-refractivity contribution >= 4 is 10.9 Å². The van der Waals surface area contributed by atoms with Crippen LogP contribution in [0.4, 0.5) is 0 Å². The summed E-state index contributed by atoms with van der Waals surface area (Å²) in [6.45, 7) is 13.3. The lowest BCUT2D eigenvalue weighted by Crippen LogP contribution is -2.31. The highest BCUT2D eigenvalue weighted by Crippen LogP contribution is 2.36. The van der Waals surface area contributed by atoms with Crippen LogP contribution >= 0.6 is 0 Å². The topological polar surface area (TPSA) is 16.8 Å². The summed E-state index contributed by atoms with van der Waals surface area (Å²) in [5, 5.41) is 1.28. The number of aromatic nitrogens is 2. The van der Waals surface area contributed by atoms with Gasteiger partial charge in [0, 0.05) is 23.2 Å². The second-order valence-electron chi connectivity index (χ2n) is 7.96. The highest BCUT2D eigenvalue weighted by atomic mass is 14.9. The Balaban J connectivity index is 2.42. The number of hydrogen-bond acceptors (Lipinski definition) is 1. The Morgan fingerprint density at radius 1 is 0.958 bits per heavy atom. The molecule has 0 atom stereocenters. The molecule has 0 aliphatic rings. The highest BCUT2D eigenvalue weighted by molar-refractivity contribution is 5.91. The molecule has 24 heavy (non-hydrogen) atoms. The van der Waals surface area contributed by atoms with Gasteiger partial charge in [-0.1, -0.05) is 20.8 Å². The maximum absolute atomic E-state index is 4.78. The predicted octanol–water partition coefficient (Wildman–Crippen LogP) is 4.95. The Morgan fingerprint density at radius 2 is 1.67 bits per heavy atom. The molecule has 0 bridgehead atoms. The fourth-order valence-corrected chi connectivity index (χ4v) is 3.44. The van der Waals surface area contributed by atoms with E-state index in [-0.39, 0.29) is 5.41 Å². The number of rotatable bonds is 1. The molecule has 0 saturated heterocycles. The summed E-state index contributed by atoms with van der Waals surface area (Å²) in [4.78, 5) is 4.78. The predicted molar refractivity (Wildman–Crippen MR) is 101 cm³/mol. The SMILES string of the molecule is Cc1cnc2c(C)c(-c3ccc(C)c[n+]3C)cc(C(C)(C)C)c2c1. The van der Waals surface area contributed by atoms with E-state index < -0.39 is 0 Å². The van der Waals surface area contributed by atoms with Gasteiger partial charge in [0.25, 0.3) is 0 Å². The third-order valence-electron chi connectivity index (χ3n) is 4.73. The standard InChI is InChI=1S/C22H27N2/c1-14-8-9-20(24(7)13-14)17-11-19(22(4,5)6)18-10-15(2)12-23-21(18)16(17)3/h8-13H,1-7H3/q+1. The molecule has 2 nitrogen and oxygen atoms in total. The van der Waals surface area contributed by atoms with Crippen LogP contribution in [-0.4, -0.2) is 4.98 Å². The zero-order valence-electron chi connectivity index (χ0n) is 15.9. The number of fused-ring (bicyclic) bond motifs is 1. The van der Waals surface area contributed by atoms with Crippen molar-refractivity contribution in [1.82, 2.24) is 4.98 Å². The average Bonchev–Trinajstić information content (AvgIpc) is 2.47. The Kier molecular flexibility index (Phi) is 3.95. The van der Waals surface area contributed by atoms with Crippen LogP contribution in [0.15, 0.2) is 36.7 Å². The van der Waals surface area contributed by atoms with Crippen LogP contribution in [0.1, 0.15) is 43.0 Å². The highest BCUT2D eigenvalue weighted by Gasteiger charge is 2.23. The van der Waals surface area contributed by atoms with Gasteiger partial charge in [-0.2, -0.15) is 0 Å². The van der Waals surface area contributed by atoms with E-state index in [1.807, 2.05) is 6.20 Å². The molecule has 3 aromatic rings. The second-order valence-corrected chi connectivity index (χ2v) is 7.96. The number of aryl methyl sites for hydroxylation is 4. The average molecular weight is 319 g/mol. The Hall–Kier alpha value is -2.22. The number of benzene rings is 1. The first-order valence-corrected chi connectivity index (χ1v) is 8.55. The van der Waals surface area contributed by atoms with E-state index in [1.54, 1.807) is 0 Å². The van der Waals surface area contributed by atoms with Crippen LogP contribution in [0.2, 0.25) is 0 Å². The van der Waals surface area contributed by atoms with Crippen LogP contribution in [0, 0.1) is 20.8 Å². The quantitative estimate of drug-likeness (QED) is 0.580. The van der Waals surface area contributed by atoms with E-state index in [0.717, 1.165) is 5.52 Å². The van der Waals surface area contributed by atoms with Gasteiger partial charge in [0.1, 0.15) is 7.05 Å². The van der Waals surface area contributed by atoms with Crippen molar-refractivity contribution in [3.8, 4) is 11.3 Å². The molecule has 0 unspecified atom stereocenters. The van der Waals surface area contributed by atoms with Crippen LogP contribution in [0.25, 0.3) is 22.2 Å². The van der Waals surface area contributed by atoms with Crippen LogP contribution in [0.3, 0.4) is 0 Å². The first kappa shape index (κ1) is 16.6. The van der Waals surface area contributed by atoms with Crippen molar-refractivity contribution in [3.05, 3.63) is 58.9 Å². The van der Waals surface area contributed by atoms with Gasteiger partial charge in [0.2, 0.25) is 5.69 Å². The van der Waals surface area contributed by atoms with Crippen molar-refractivity contribution in [2.24, 2.45) is 7.05 Å². The maximum Gasteiger partial charge on any atom is 0.212 e. The third kappa shape index (κ3) is 2.82. The summed E-state index contributed by atoms with van der Waals surface area (Å²) in [6.07, 6.45) is 4.15. The minimum atomic E-state index is 0.0689. The minimum absolute atomic E-state index is 0.0689. The molecule has 3 rings (SSSR count). The lowest BCUT2D eigenvalue weighted by Gasteiger charge is -2.23. The molecule has 0 fully saturated rings. The number of nitrogens with zero attached hydrogens (tertiary/aromatic N) is 2. The van der Waals surface area contributed by atoms with E-state index >= 15 is 0 Å². The minimum Gasteiger partial charge on any atom is -0.256 e. The molecule has 0 N–H and O–H groups in total. The van der Waals surface area contributed by atoms with Crippen molar-refractivity contribution in [2.45, 2.75) is 47.0 Å². The molecule has 0 spiro atoms. The molecular weight excluding hydrogens is 292 g/mol. The van der Waals surface area contributed by atoms with Gasteiger partial charge in [-0.25, -0.2) is 4.57 Å². The van der Waals surface area contributed by atoms with Crippen molar-refractivity contribution in [3.63, 3.8) is 0 Å². The zero-order chi connectivity index (χ0) is 17.6. The van der Waals surface area contributed by atoms with Crippen LogP contribution < -0.4 is 4.57 Å². The zero-order valence-corrected chi connectivity index (χ0v) is 15.9. The first-order chi connectivity index (χ1) is 11.2. The summed E-state index contributed by atoms with van der Waals surface area (Å²) < 4.78 is 2.21. The number of pyridine rings is 2. The molecule has 0 amide bonds. The molecule has 2 heterocycles. The monoisotopic (exact) mass is 319 g/mol. The van der Waals surface area contributed by atoms with Gasteiger partial charge in [-0.3, -0.25) is 4.98 Å². The molecule has 2 aromatic heterocycles. The largest absolute Gasteiger partial charge is 0.256 e. The Morgan fingerprint density at radius 3 is 2.29 bits per heavy atom. The fourth-order valence-electron chi connectivity index (χ4n) is 3.44. The van der Waals surface area contributed by atoms with E-state index in [9.17, 15) is 0 Å². The van der Waals surface area contributed by atoms with Crippen molar-refractivity contribution in [2.75, 3.05) is 0 Å². The summed E-state index contributed by atoms with van der Waals surface area (Å²) in [7, 11) is 2.12. The Labute approximate surface area is 145 Å². The first-order valence-electron chi connectivity index (χ1n) is 8.55. The molecule has 2 heteroatoms. The van der Waals surface area contributed by atoms with E-state index in [0.29, 0.717) is 0 Å². The van der Waals surface area contributed by atoms with Crippen LogP contribution in [-0.2, 0) is 12.5 Å². The van der Waals surface area contributed by atoms with Crippen LogP contribution in [0.5, 0.6) is 0 Å². The van der Waals surface area contributed by atoms with Gasteiger partial charge in [0.15, 0.2) is 6.20 Å². The lowest BCUT2D eigenvalue weighted by molar-refractivity contribution is -0.660. The summed E-state index contributed by atoms with van der Waals surface area (Å²) >= 11 is 0. The molecule has 0 radical (unpaired) electrons. The van der Waals surface area contributed by atoms with Crippen molar-refractivity contribution < 1.29 is 4.57 Å². The molecule has 0 aliphatic carbocycles. The molecule has 0 aliphatic heterocycles. The maximum atomic E-state index is 4.78. The smallest absolute Gasteiger partial charge is 0.212 e. The molecule has 124 valence electrons. The normalized spacial score (nSPS) is 12.0. The summed E-state index contributed by atoms with van der Waals surface area (Å²) in [6, 6.07) is 9.03. The van der Waals surface area contributed by atoms with E-state index in [4.69, 9.17) is 4.98 Å².